The predicted octanol–water partition coefficient (Wildman–Crippen LogP) is 2.16. The van der Waals surface area contributed by atoms with Gasteiger partial charge in [0, 0.05) is 18.0 Å². The van der Waals surface area contributed by atoms with Crippen molar-refractivity contribution in [3.05, 3.63) is 42.5 Å². The van der Waals surface area contributed by atoms with Crippen LogP contribution in [0.1, 0.15) is 5.56 Å². The van der Waals surface area contributed by atoms with E-state index >= 15 is 0 Å². The summed E-state index contributed by atoms with van der Waals surface area (Å²) < 4.78 is 0. The number of phenols is 1. The van der Waals surface area contributed by atoms with Crippen LogP contribution >= 0.6 is 0 Å². The summed E-state index contributed by atoms with van der Waals surface area (Å²) >= 11 is 0. The Morgan fingerprint density at radius 2 is 1.79 bits per heavy atom. The maximum Gasteiger partial charge on any atom is 0.118 e. The number of hydrogen-bond acceptors (Lipinski definition) is 3. The van der Waals surface area contributed by atoms with Crippen molar-refractivity contribution in [3.8, 4) is 16.9 Å². The quantitative estimate of drug-likeness (QED) is 0.742. The molecule has 0 unspecified atom stereocenters. The lowest BCUT2D eigenvalue weighted by molar-refractivity contribution is 0.471. The predicted molar refractivity (Wildman–Crippen MR) is 53.9 cm³/mol. The lowest BCUT2D eigenvalue weighted by Crippen LogP contribution is -1.83. The van der Waals surface area contributed by atoms with Crippen molar-refractivity contribution in [2.24, 2.45) is 0 Å². The van der Waals surface area contributed by atoms with Gasteiger partial charge in [0.15, 0.2) is 0 Å². The fourth-order valence-electron chi connectivity index (χ4n) is 1.28. The summed E-state index contributed by atoms with van der Waals surface area (Å²) in [6.45, 7) is 1.86. The van der Waals surface area contributed by atoms with Crippen LogP contribution in [0, 0.1) is 6.92 Å². The fourth-order valence-corrected chi connectivity index (χ4v) is 1.28. The Kier molecular flexibility index (Phi) is 2.14. The van der Waals surface area contributed by atoms with Gasteiger partial charge in [-0.1, -0.05) is 6.07 Å². The van der Waals surface area contributed by atoms with E-state index in [0.717, 1.165) is 16.7 Å². The summed E-state index contributed by atoms with van der Waals surface area (Å²) in [5.41, 5.74) is 2.82. The highest BCUT2D eigenvalue weighted by Gasteiger charge is 2.00. The van der Waals surface area contributed by atoms with Crippen LogP contribution in [0.3, 0.4) is 0 Å². The molecule has 0 amide bonds. The Hall–Kier alpha value is -1.90. The van der Waals surface area contributed by atoms with E-state index in [1.807, 2.05) is 19.1 Å². The van der Waals surface area contributed by atoms with Crippen LogP contribution in [0.5, 0.6) is 5.75 Å². The Balaban J connectivity index is 2.48. The van der Waals surface area contributed by atoms with Crippen LogP contribution in [0.15, 0.2) is 36.9 Å². The first-order valence-electron chi connectivity index (χ1n) is 4.32. The molecule has 3 nitrogen and oxygen atoms in total. The third kappa shape index (κ3) is 1.57. The molecule has 14 heavy (non-hydrogen) atoms. The zero-order chi connectivity index (χ0) is 9.97. The minimum Gasteiger partial charge on any atom is -0.508 e. The molecule has 0 aliphatic rings. The lowest BCUT2D eigenvalue weighted by Gasteiger charge is -2.03. The molecule has 2 rings (SSSR count). The van der Waals surface area contributed by atoms with Gasteiger partial charge in [-0.05, 0) is 30.2 Å². The molecule has 3 heteroatoms. The van der Waals surface area contributed by atoms with Crippen LogP contribution in [0.2, 0.25) is 0 Å². The molecule has 0 bridgehead atoms. The van der Waals surface area contributed by atoms with Gasteiger partial charge < -0.3 is 5.11 Å². The number of nitrogens with zero attached hydrogens (tertiary/aromatic N) is 2. The number of aromatic nitrogens is 2. The van der Waals surface area contributed by atoms with Crippen LogP contribution in [0.4, 0.5) is 0 Å². The van der Waals surface area contributed by atoms with Crippen molar-refractivity contribution in [3.63, 3.8) is 0 Å². The molecule has 70 valence electrons. The van der Waals surface area contributed by atoms with E-state index in [1.165, 1.54) is 6.33 Å². The SMILES string of the molecule is Cc1cc(-c2cncnc2)ccc1O. The van der Waals surface area contributed by atoms with E-state index in [1.54, 1.807) is 18.5 Å². The Labute approximate surface area is 82.1 Å². The molecule has 0 radical (unpaired) electrons. The maximum absolute atomic E-state index is 9.36. The first kappa shape index (κ1) is 8.69. The van der Waals surface area contributed by atoms with E-state index in [4.69, 9.17) is 0 Å². The van der Waals surface area contributed by atoms with Gasteiger partial charge in [-0.2, -0.15) is 0 Å². The molecule has 1 N–H and O–H groups in total. The monoisotopic (exact) mass is 186 g/mol. The van der Waals surface area contributed by atoms with E-state index in [2.05, 4.69) is 9.97 Å². The molecule has 0 saturated heterocycles. The molecule has 1 aromatic carbocycles. The number of aryl methyl sites for hydroxylation is 1. The highest BCUT2D eigenvalue weighted by atomic mass is 16.3. The fraction of sp³-hybridized carbons (Fsp3) is 0.0909. The van der Waals surface area contributed by atoms with Crippen molar-refractivity contribution in [1.29, 1.82) is 0 Å². The standard InChI is InChI=1S/C11H10N2O/c1-8-4-9(2-3-11(8)14)10-5-12-7-13-6-10/h2-7,14H,1H3. The third-order valence-corrected chi connectivity index (χ3v) is 2.09. The summed E-state index contributed by atoms with van der Waals surface area (Å²) in [7, 11) is 0. The van der Waals surface area contributed by atoms with E-state index in [-0.39, 0.29) is 0 Å². The van der Waals surface area contributed by atoms with Crippen LogP contribution in [-0.2, 0) is 0 Å². The Bertz CT molecular complexity index is 440. The molecule has 2 aromatic rings. The van der Waals surface area contributed by atoms with Gasteiger partial charge in [0.25, 0.3) is 0 Å². The van der Waals surface area contributed by atoms with Crippen molar-refractivity contribution < 1.29 is 5.11 Å². The highest BCUT2D eigenvalue weighted by molar-refractivity contribution is 5.63. The van der Waals surface area contributed by atoms with Crippen LogP contribution in [-0.4, -0.2) is 15.1 Å². The second kappa shape index (κ2) is 3.46. The van der Waals surface area contributed by atoms with Crippen LogP contribution in [0.25, 0.3) is 11.1 Å². The number of phenolic OH excluding ortho intramolecular Hbond substituents is 1. The van der Waals surface area contributed by atoms with Gasteiger partial charge in [-0.3, -0.25) is 0 Å². The Morgan fingerprint density at radius 3 is 2.43 bits per heavy atom. The van der Waals surface area contributed by atoms with Gasteiger partial charge in [0.1, 0.15) is 12.1 Å². The molecule has 0 spiro atoms. The molecule has 0 aliphatic carbocycles. The normalized spacial score (nSPS) is 10.1. The van der Waals surface area contributed by atoms with Crippen molar-refractivity contribution in [2.75, 3.05) is 0 Å². The van der Waals surface area contributed by atoms with Gasteiger partial charge in [-0.25, -0.2) is 9.97 Å². The topological polar surface area (TPSA) is 46.0 Å². The van der Waals surface area contributed by atoms with Crippen molar-refractivity contribution in [2.45, 2.75) is 6.92 Å². The summed E-state index contributed by atoms with van der Waals surface area (Å²) in [5.74, 6) is 0.311. The first-order chi connectivity index (χ1) is 6.77. The molecule has 0 fully saturated rings. The average molecular weight is 186 g/mol. The smallest absolute Gasteiger partial charge is 0.118 e. The summed E-state index contributed by atoms with van der Waals surface area (Å²) in [6.07, 6.45) is 4.99. The van der Waals surface area contributed by atoms with Gasteiger partial charge in [0.2, 0.25) is 0 Å². The molecular formula is C11H10N2O. The lowest BCUT2D eigenvalue weighted by atomic mass is 10.1. The summed E-state index contributed by atoms with van der Waals surface area (Å²) in [6, 6.07) is 5.44. The van der Waals surface area contributed by atoms with Gasteiger partial charge in [0.05, 0.1) is 0 Å². The molecule has 1 heterocycles. The van der Waals surface area contributed by atoms with Gasteiger partial charge in [-0.15, -0.1) is 0 Å². The molecule has 0 saturated carbocycles. The molecule has 0 atom stereocenters. The van der Waals surface area contributed by atoms with Crippen molar-refractivity contribution in [1.82, 2.24) is 9.97 Å². The largest absolute Gasteiger partial charge is 0.508 e. The maximum atomic E-state index is 9.36. The minimum atomic E-state index is 0.311. The highest BCUT2D eigenvalue weighted by Crippen LogP contribution is 2.23. The van der Waals surface area contributed by atoms with Crippen molar-refractivity contribution >= 4 is 0 Å². The Morgan fingerprint density at radius 1 is 1.07 bits per heavy atom. The molecule has 1 aromatic heterocycles. The second-order valence-electron chi connectivity index (χ2n) is 3.13. The second-order valence-corrected chi connectivity index (χ2v) is 3.13. The van der Waals surface area contributed by atoms with Crippen LogP contribution < -0.4 is 0 Å². The average Bonchev–Trinajstić information content (AvgIpc) is 2.23. The first-order valence-corrected chi connectivity index (χ1v) is 4.32. The van der Waals surface area contributed by atoms with E-state index in [0.29, 0.717) is 5.75 Å². The van der Waals surface area contributed by atoms with Gasteiger partial charge >= 0.3 is 0 Å². The summed E-state index contributed by atoms with van der Waals surface area (Å²) in [4.78, 5) is 7.88. The van der Waals surface area contributed by atoms with E-state index in [9.17, 15) is 5.11 Å². The number of aromatic hydroxyl groups is 1. The number of benzene rings is 1. The zero-order valence-corrected chi connectivity index (χ0v) is 7.81. The summed E-state index contributed by atoms with van der Waals surface area (Å²) in [5, 5.41) is 9.36. The molecule has 0 aliphatic heterocycles. The number of hydrogen-bond donors (Lipinski definition) is 1. The number of rotatable bonds is 1. The molecular weight excluding hydrogens is 176 g/mol. The minimum absolute atomic E-state index is 0.311. The third-order valence-electron chi connectivity index (χ3n) is 2.09. The van der Waals surface area contributed by atoms with E-state index < -0.39 is 0 Å². The zero-order valence-electron chi connectivity index (χ0n) is 7.81.